The Kier molecular flexibility index (Phi) is 1.80. The van der Waals surface area contributed by atoms with Gasteiger partial charge in [-0.2, -0.15) is 4.39 Å². The molecule has 0 amide bonds. The van der Waals surface area contributed by atoms with Gasteiger partial charge in [-0.1, -0.05) is 20.8 Å². The van der Waals surface area contributed by atoms with Gasteiger partial charge in [-0.15, -0.1) is 5.10 Å². The van der Waals surface area contributed by atoms with Gasteiger partial charge in [-0.05, 0) is 12.1 Å². The molecule has 2 aromatic heterocycles. The number of hydrogen-bond acceptors (Lipinski definition) is 2. The van der Waals surface area contributed by atoms with Crippen molar-refractivity contribution in [3.05, 3.63) is 30.1 Å². The molecule has 0 saturated carbocycles. The SMILES string of the molecule is CC(C)(C)c1ncc2ccc(F)n2n1. The van der Waals surface area contributed by atoms with Crippen LogP contribution < -0.4 is 0 Å². The molecule has 3 nitrogen and oxygen atoms in total. The van der Waals surface area contributed by atoms with Gasteiger partial charge in [0, 0.05) is 5.41 Å². The highest BCUT2D eigenvalue weighted by Crippen LogP contribution is 2.18. The lowest BCUT2D eigenvalue weighted by molar-refractivity contribution is 0.497. The molecular weight excluding hydrogens is 181 g/mol. The molecule has 0 aliphatic heterocycles. The van der Waals surface area contributed by atoms with E-state index < -0.39 is 0 Å². The van der Waals surface area contributed by atoms with E-state index in [1.165, 1.54) is 10.6 Å². The molecule has 0 bridgehead atoms. The zero-order valence-corrected chi connectivity index (χ0v) is 8.45. The van der Waals surface area contributed by atoms with Crippen LogP contribution in [-0.4, -0.2) is 14.6 Å². The van der Waals surface area contributed by atoms with Crippen molar-refractivity contribution >= 4 is 5.52 Å². The lowest BCUT2D eigenvalue weighted by Gasteiger charge is -2.15. The summed E-state index contributed by atoms with van der Waals surface area (Å²) in [7, 11) is 0. The summed E-state index contributed by atoms with van der Waals surface area (Å²) < 4.78 is 14.5. The molecule has 0 saturated heterocycles. The quantitative estimate of drug-likeness (QED) is 0.641. The highest BCUT2D eigenvalue weighted by molar-refractivity contribution is 5.43. The second-order valence-electron chi connectivity index (χ2n) is 4.32. The van der Waals surface area contributed by atoms with Crippen molar-refractivity contribution in [3.8, 4) is 0 Å². The molecule has 0 aliphatic carbocycles. The zero-order chi connectivity index (χ0) is 10.3. The summed E-state index contributed by atoms with van der Waals surface area (Å²) in [5, 5.41) is 4.14. The van der Waals surface area contributed by atoms with E-state index in [1.807, 2.05) is 20.8 Å². The van der Waals surface area contributed by atoms with Crippen LogP contribution in [-0.2, 0) is 5.41 Å². The van der Waals surface area contributed by atoms with Gasteiger partial charge in [0.2, 0.25) is 5.95 Å². The van der Waals surface area contributed by atoms with E-state index in [9.17, 15) is 4.39 Å². The Labute approximate surface area is 81.6 Å². The first-order chi connectivity index (χ1) is 6.48. The van der Waals surface area contributed by atoms with Crippen LogP contribution in [0.15, 0.2) is 18.3 Å². The molecule has 0 atom stereocenters. The van der Waals surface area contributed by atoms with Crippen molar-refractivity contribution < 1.29 is 4.39 Å². The first-order valence-corrected chi connectivity index (χ1v) is 4.49. The predicted octanol–water partition coefficient (Wildman–Crippen LogP) is 2.17. The number of aromatic nitrogens is 3. The third kappa shape index (κ3) is 1.36. The minimum atomic E-state index is -0.354. The Morgan fingerprint density at radius 1 is 1.29 bits per heavy atom. The van der Waals surface area contributed by atoms with Gasteiger partial charge >= 0.3 is 0 Å². The van der Waals surface area contributed by atoms with Crippen LogP contribution in [0.25, 0.3) is 5.52 Å². The fourth-order valence-electron chi connectivity index (χ4n) is 1.21. The van der Waals surface area contributed by atoms with Crippen molar-refractivity contribution in [1.29, 1.82) is 0 Å². The highest BCUT2D eigenvalue weighted by atomic mass is 19.1. The molecule has 0 radical (unpaired) electrons. The van der Waals surface area contributed by atoms with Crippen molar-refractivity contribution in [2.75, 3.05) is 0 Å². The second-order valence-corrected chi connectivity index (χ2v) is 4.32. The van der Waals surface area contributed by atoms with Gasteiger partial charge in [0.05, 0.1) is 11.7 Å². The van der Waals surface area contributed by atoms with Crippen LogP contribution >= 0.6 is 0 Å². The molecular formula is C10H12FN3. The normalized spacial score (nSPS) is 12.3. The van der Waals surface area contributed by atoms with Crippen LogP contribution in [0, 0.1) is 5.95 Å². The first-order valence-electron chi connectivity index (χ1n) is 4.49. The number of fused-ring (bicyclic) bond motifs is 1. The Balaban J connectivity index is 2.66. The maximum absolute atomic E-state index is 13.2. The van der Waals surface area contributed by atoms with Crippen molar-refractivity contribution in [2.45, 2.75) is 26.2 Å². The molecule has 0 aliphatic rings. The van der Waals surface area contributed by atoms with Gasteiger partial charge in [0.25, 0.3) is 0 Å². The summed E-state index contributed by atoms with van der Waals surface area (Å²) in [6, 6.07) is 3.04. The predicted molar refractivity (Wildman–Crippen MR) is 51.6 cm³/mol. The number of halogens is 1. The van der Waals surface area contributed by atoms with Crippen molar-refractivity contribution in [3.63, 3.8) is 0 Å². The zero-order valence-electron chi connectivity index (χ0n) is 8.45. The molecule has 0 spiro atoms. The Morgan fingerprint density at radius 2 is 2.00 bits per heavy atom. The van der Waals surface area contributed by atoms with E-state index in [0.29, 0.717) is 11.3 Å². The molecule has 0 aromatic carbocycles. The molecule has 0 unspecified atom stereocenters. The molecule has 74 valence electrons. The lowest BCUT2D eigenvalue weighted by Crippen LogP contribution is -2.18. The fourth-order valence-corrected chi connectivity index (χ4v) is 1.21. The highest BCUT2D eigenvalue weighted by Gasteiger charge is 2.18. The smallest absolute Gasteiger partial charge is 0.214 e. The van der Waals surface area contributed by atoms with Crippen LogP contribution in [0.2, 0.25) is 0 Å². The number of rotatable bonds is 0. The van der Waals surface area contributed by atoms with E-state index in [2.05, 4.69) is 10.1 Å². The maximum atomic E-state index is 13.2. The number of hydrogen-bond donors (Lipinski definition) is 0. The summed E-state index contributed by atoms with van der Waals surface area (Å²) in [5.74, 6) is 0.285. The fraction of sp³-hybridized carbons (Fsp3) is 0.400. The number of nitrogens with zero attached hydrogens (tertiary/aromatic N) is 3. The van der Waals surface area contributed by atoms with Crippen LogP contribution in [0.5, 0.6) is 0 Å². The van der Waals surface area contributed by atoms with E-state index >= 15 is 0 Å². The molecule has 0 fully saturated rings. The standard InChI is InChI=1S/C10H12FN3/c1-10(2,3)9-12-6-7-4-5-8(11)14(7)13-9/h4-6H,1-3H3. The Morgan fingerprint density at radius 3 is 2.64 bits per heavy atom. The Bertz CT molecular complexity index is 468. The monoisotopic (exact) mass is 193 g/mol. The van der Waals surface area contributed by atoms with Crippen molar-refractivity contribution in [2.24, 2.45) is 0 Å². The minimum Gasteiger partial charge on any atom is -0.237 e. The van der Waals surface area contributed by atoms with Crippen molar-refractivity contribution in [1.82, 2.24) is 14.6 Å². The first kappa shape index (κ1) is 9.12. The molecule has 4 heteroatoms. The van der Waals surface area contributed by atoms with E-state index in [0.717, 1.165) is 0 Å². The van der Waals surface area contributed by atoms with Gasteiger partial charge in [0.1, 0.15) is 0 Å². The van der Waals surface area contributed by atoms with Gasteiger partial charge in [-0.25, -0.2) is 9.50 Å². The molecule has 0 N–H and O–H groups in total. The minimum absolute atomic E-state index is 0.162. The molecule has 2 aromatic rings. The van der Waals surface area contributed by atoms with Crippen LogP contribution in [0.3, 0.4) is 0 Å². The van der Waals surface area contributed by atoms with Gasteiger partial charge in [0.15, 0.2) is 5.82 Å². The maximum Gasteiger partial charge on any atom is 0.214 e. The lowest BCUT2D eigenvalue weighted by atomic mass is 9.96. The Hall–Kier alpha value is -1.45. The van der Waals surface area contributed by atoms with E-state index in [-0.39, 0.29) is 11.4 Å². The average Bonchev–Trinajstić information content (AvgIpc) is 2.46. The third-order valence-electron chi connectivity index (χ3n) is 2.02. The van der Waals surface area contributed by atoms with Crippen LogP contribution in [0.4, 0.5) is 4.39 Å². The summed E-state index contributed by atoms with van der Waals surface area (Å²) in [5.41, 5.74) is 0.515. The third-order valence-corrected chi connectivity index (χ3v) is 2.02. The summed E-state index contributed by atoms with van der Waals surface area (Å²) in [4.78, 5) is 4.19. The van der Waals surface area contributed by atoms with E-state index in [1.54, 1.807) is 12.3 Å². The molecule has 2 heterocycles. The summed E-state index contributed by atoms with van der Waals surface area (Å²) in [6.07, 6.45) is 1.64. The summed E-state index contributed by atoms with van der Waals surface area (Å²) in [6.45, 7) is 5.99. The topological polar surface area (TPSA) is 30.2 Å². The molecule has 14 heavy (non-hydrogen) atoms. The largest absolute Gasteiger partial charge is 0.237 e. The summed E-state index contributed by atoms with van der Waals surface area (Å²) >= 11 is 0. The molecule has 2 rings (SSSR count). The van der Waals surface area contributed by atoms with Crippen LogP contribution in [0.1, 0.15) is 26.6 Å². The van der Waals surface area contributed by atoms with Gasteiger partial charge in [-0.3, -0.25) is 0 Å². The van der Waals surface area contributed by atoms with E-state index in [4.69, 9.17) is 0 Å². The second kappa shape index (κ2) is 2.77. The van der Waals surface area contributed by atoms with Gasteiger partial charge < -0.3 is 0 Å². The average molecular weight is 193 g/mol.